The fourth-order valence-corrected chi connectivity index (χ4v) is 4.36. The molecule has 1 aromatic heterocycles. The van der Waals surface area contributed by atoms with Gasteiger partial charge < -0.3 is 24.2 Å². The number of piperazine rings is 1. The summed E-state index contributed by atoms with van der Waals surface area (Å²) in [6.07, 6.45) is 3.68. The van der Waals surface area contributed by atoms with Gasteiger partial charge in [-0.25, -0.2) is 9.78 Å². The Hall–Kier alpha value is -2.42. The second-order valence-electron chi connectivity index (χ2n) is 10.5. The van der Waals surface area contributed by atoms with Crippen molar-refractivity contribution >= 4 is 17.7 Å². The van der Waals surface area contributed by atoms with Crippen molar-refractivity contribution in [3.05, 3.63) is 11.9 Å². The van der Waals surface area contributed by atoms with Gasteiger partial charge in [-0.1, -0.05) is 20.3 Å². The van der Waals surface area contributed by atoms with Crippen LogP contribution in [0.3, 0.4) is 0 Å². The fourth-order valence-electron chi connectivity index (χ4n) is 4.36. The molecule has 34 heavy (non-hydrogen) atoms. The second-order valence-corrected chi connectivity index (χ2v) is 10.5. The molecule has 9 nitrogen and oxygen atoms in total. The van der Waals surface area contributed by atoms with E-state index in [2.05, 4.69) is 33.7 Å². The summed E-state index contributed by atoms with van der Waals surface area (Å²) in [4.78, 5) is 40.7. The average molecular weight is 476 g/mol. The van der Waals surface area contributed by atoms with Gasteiger partial charge in [-0.2, -0.15) is 4.98 Å². The Bertz CT molecular complexity index is 848. The standard InChI is InChI=1S/C25H41N5O4/c1-7-9-18(2)22(31)23-26-20(16-21(27-23)33-17-19-10-8-11-28(19)6)29-12-14-30(15-13-29)24(32)34-25(3,4)5/h16,18-19H,7-15,17H2,1-6H3. The Morgan fingerprint density at radius 2 is 1.85 bits per heavy atom. The van der Waals surface area contributed by atoms with E-state index in [0.717, 1.165) is 25.8 Å². The highest BCUT2D eigenvalue weighted by Crippen LogP contribution is 2.24. The maximum atomic E-state index is 13.0. The Labute approximate surface area is 203 Å². The van der Waals surface area contributed by atoms with E-state index in [1.807, 2.05) is 33.8 Å². The number of likely N-dealkylation sites (tertiary alicyclic amines) is 1. The summed E-state index contributed by atoms with van der Waals surface area (Å²) in [6.45, 7) is 13.4. The summed E-state index contributed by atoms with van der Waals surface area (Å²) in [7, 11) is 2.11. The monoisotopic (exact) mass is 475 g/mol. The number of ether oxygens (including phenoxy) is 2. The smallest absolute Gasteiger partial charge is 0.410 e. The van der Waals surface area contributed by atoms with Crippen LogP contribution in [0.25, 0.3) is 0 Å². The summed E-state index contributed by atoms with van der Waals surface area (Å²) >= 11 is 0. The molecule has 2 fully saturated rings. The van der Waals surface area contributed by atoms with E-state index in [0.29, 0.717) is 50.5 Å². The first-order chi connectivity index (χ1) is 16.1. The number of hydrogen-bond donors (Lipinski definition) is 0. The highest BCUT2D eigenvalue weighted by molar-refractivity contribution is 5.94. The lowest BCUT2D eigenvalue weighted by Crippen LogP contribution is -2.50. The molecule has 2 unspecified atom stereocenters. The van der Waals surface area contributed by atoms with Gasteiger partial charge in [-0.15, -0.1) is 0 Å². The number of carbonyl (C=O) groups is 2. The minimum Gasteiger partial charge on any atom is -0.476 e. The molecular weight excluding hydrogens is 434 g/mol. The number of nitrogens with zero attached hydrogens (tertiary/aromatic N) is 5. The van der Waals surface area contributed by atoms with Crippen LogP contribution >= 0.6 is 0 Å². The van der Waals surface area contributed by atoms with E-state index in [-0.39, 0.29) is 23.6 Å². The lowest BCUT2D eigenvalue weighted by Gasteiger charge is -2.36. The van der Waals surface area contributed by atoms with Gasteiger partial charge in [-0.05, 0) is 53.6 Å². The van der Waals surface area contributed by atoms with Crippen LogP contribution in [0.15, 0.2) is 6.07 Å². The van der Waals surface area contributed by atoms with Crippen LogP contribution in [0.5, 0.6) is 5.88 Å². The predicted octanol–water partition coefficient (Wildman–Crippen LogP) is 3.63. The van der Waals surface area contributed by atoms with Gasteiger partial charge in [0.25, 0.3) is 0 Å². The maximum absolute atomic E-state index is 13.0. The number of aromatic nitrogens is 2. The average Bonchev–Trinajstić information content (AvgIpc) is 3.20. The molecule has 0 saturated carbocycles. The lowest BCUT2D eigenvalue weighted by atomic mass is 10.0. The summed E-state index contributed by atoms with van der Waals surface area (Å²) in [5.74, 6) is 1.12. The number of ketones is 1. The minimum atomic E-state index is -0.523. The molecule has 3 heterocycles. The third kappa shape index (κ3) is 7.04. The van der Waals surface area contributed by atoms with E-state index in [1.165, 1.54) is 6.42 Å². The van der Waals surface area contributed by atoms with Crippen LogP contribution in [0.1, 0.15) is 70.9 Å². The van der Waals surface area contributed by atoms with Crippen LogP contribution in [0, 0.1) is 5.92 Å². The van der Waals surface area contributed by atoms with Gasteiger partial charge in [0.15, 0.2) is 0 Å². The van der Waals surface area contributed by atoms with Crippen LogP contribution in [-0.2, 0) is 4.74 Å². The van der Waals surface area contributed by atoms with Crippen molar-refractivity contribution in [1.82, 2.24) is 19.8 Å². The number of carbonyl (C=O) groups excluding carboxylic acids is 2. The Morgan fingerprint density at radius 1 is 1.15 bits per heavy atom. The van der Waals surface area contributed by atoms with E-state index in [9.17, 15) is 9.59 Å². The molecule has 1 aromatic rings. The van der Waals surface area contributed by atoms with Crippen LogP contribution in [-0.4, -0.2) is 89.7 Å². The Balaban J connectivity index is 1.74. The molecule has 2 saturated heterocycles. The molecule has 0 bridgehead atoms. The molecule has 0 aliphatic carbocycles. The van der Waals surface area contributed by atoms with Crippen molar-refractivity contribution in [2.75, 3.05) is 51.3 Å². The second kappa shape index (κ2) is 11.3. The number of likely N-dealkylation sites (N-methyl/N-ethyl adjacent to an activating group) is 1. The first-order valence-corrected chi connectivity index (χ1v) is 12.6. The molecule has 0 spiro atoms. The lowest BCUT2D eigenvalue weighted by molar-refractivity contribution is 0.0240. The zero-order valence-electron chi connectivity index (χ0n) is 21.7. The van der Waals surface area contributed by atoms with Crippen molar-refractivity contribution in [3.8, 4) is 5.88 Å². The van der Waals surface area contributed by atoms with Crippen molar-refractivity contribution < 1.29 is 19.1 Å². The quantitative estimate of drug-likeness (QED) is 0.527. The number of amides is 1. The van der Waals surface area contributed by atoms with Crippen molar-refractivity contribution in [2.45, 2.75) is 71.9 Å². The van der Waals surface area contributed by atoms with Gasteiger partial charge in [-0.3, -0.25) is 4.79 Å². The zero-order chi connectivity index (χ0) is 24.9. The topological polar surface area (TPSA) is 88.1 Å². The van der Waals surface area contributed by atoms with Crippen molar-refractivity contribution in [3.63, 3.8) is 0 Å². The highest BCUT2D eigenvalue weighted by atomic mass is 16.6. The van der Waals surface area contributed by atoms with Gasteiger partial charge in [0, 0.05) is 44.2 Å². The first kappa shape index (κ1) is 26.2. The number of rotatable bonds is 8. The van der Waals surface area contributed by atoms with E-state index in [1.54, 1.807) is 4.90 Å². The van der Waals surface area contributed by atoms with E-state index in [4.69, 9.17) is 9.47 Å². The SMILES string of the molecule is CCCC(C)C(=O)c1nc(OCC2CCCN2C)cc(N2CCN(C(=O)OC(C)(C)C)CC2)n1. The van der Waals surface area contributed by atoms with Crippen molar-refractivity contribution in [1.29, 1.82) is 0 Å². The van der Waals surface area contributed by atoms with E-state index < -0.39 is 5.60 Å². The van der Waals surface area contributed by atoms with Gasteiger partial charge in [0.1, 0.15) is 18.0 Å². The summed E-state index contributed by atoms with van der Waals surface area (Å²) in [6, 6.07) is 2.17. The van der Waals surface area contributed by atoms with Crippen molar-refractivity contribution in [2.24, 2.45) is 5.92 Å². The third-order valence-corrected chi connectivity index (χ3v) is 6.43. The zero-order valence-corrected chi connectivity index (χ0v) is 21.7. The molecule has 0 aromatic carbocycles. The Kier molecular flexibility index (Phi) is 8.73. The molecule has 1 amide bonds. The molecule has 3 rings (SSSR count). The maximum Gasteiger partial charge on any atom is 0.410 e. The summed E-state index contributed by atoms with van der Waals surface area (Å²) in [5.41, 5.74) is -0.523. The summed E-state index contributed by atoms with van der Waals surface area (Å²) < 4.78 is 11.6. The highest BCUT2D eigenvalue weighted by Gasteiger charge is 2.28. The van der Waals surface area contributed by atoms with Crippen LogP contribution in [0.2, 0.25) is 0 Å². The fraction of sp³-hybridized carbons (Fsp3) is 0.760. The molecule has 2 aliphatic heterocycles. The van der Waals surface area contributed by atoms with Gasteiger partial charge in [0.05, 0.1) is 0 Å². The number of Topliss-reactive ketones (excluding diaryl/α,β-unsaturated/α-hetero) is 1. The number of anilines is 1. The first-order valence-electron chi connectivity index (χ1n) is 12.6. The van der Waals surface area contributed by atoms with Gasteiger partial charge >= 0.3 is 6.09 Å². The molecule has 0 N–H and O–H groups in total. The molecule has 190 valence electrons. The molecule has 9 heteroatoms. The van der Waals surface area contributed by atoms with E-state index >= 15 is 0 Å². The predicted molar refractivity (Wildman–Crippen MR) is 132 cm³/mol. The Morgan fingerprint density at radius 3 is 2.44 bits per heavy atom. The minimum absolute atomic E-state index is 0.0566. The van der Waals surface area contributed by atoms with Crippen LogP contribution < -0.4 is 9.64 Å². The third-order valence-electron chi connectivity index (χ3n) is 6.43. The van der Waals surface area contributed by atoms with Gasteiger partial charge in [0.2, 0.25) is 17.5 Å². The van der Waals surface area contributed by atoms with Crippen LogP contribution in [0.4, 0.5) is 10.6 Å². The normalized spacial score (nSPS) is 20.4. The largest absolute Gasteiger partial charge is 0.476 e. The molecule has 2 aliphatic rings. The molecular formula is C25H41N5O4. The molecule has 0 radical (unpaired) electrons. The molecule has 2 atom stereocenters. The summed E-state index contributed by atoms with van der Waals surface area (Å²) in [5, 5.41) is 0. The number of hydrogen-bond acceptors (Lipinski definition) is 8.